The molecule has 206 valence electrons. The number of nitrogens with zero attached hydrogens (tertiary/aromatic N) is 1. The van der Waals surface area contributed by atoms with Crippen LogP contribution in [0.25, 0.3) is 0 Å². The summed E-state index contributed by atoms with van der Waals surface area (Å²) in [5.41, 5.74) is 1.01. The number of alkyl halides is 2. The molecule has 2 N–H and O–H groups in total. The Bertz CT molecular complexity index is 924. The summed E-state index contributed by atoms with van der Waals surface area (Å²) in [6.07, 6.45) is 10.6. The molecule has 0 saturated carbocycles. The molecule has 8 nitrogen and oxygen atoms in total. The van der Waals surface area contributed by atoms with Gasteiger partial charge in [0.1, 0.15) is 29.7 Å². The van der Waals surface area contributed by atoms with Crippen molar-refractivity contribution in [2.24, 2.45) is 0 Å². The number of ether oxygens (including phenoxy) is 3. The third kappa shape index (κ3) is 9.14. The highest BCUT2D eigenvalue weighted by atomic mass is 19.3. The Hall–Kier alpha value is -2.95. The summed E-state index contributed by atoms with van der Waals surface area (Å²) < 4.78 is 42.7. The largest absolute Gasteiger partial charge is 0.485 e. The van der Waals surface area contributed by atoms with Gasteiger partial charge in [0.05, 0.1) is 12.8 Å². The molecule has 0 radical (unpaired) electrons. The highest BCUT2D eigenvalue weighted by Gasteiger charge is 2.33. The molecular formula is C27H38F2N2O6. The van der Waals surface area contributed by atoms with Crippen molar-refractivity contribution in [2.75, 3.05) is 26.0 Å². The Balaban J connectivity index is 2.41. The monoisotopic (exact) mass is 524 g/mol. The molecule has 1 fully saturated rings. The maximum absolute atomic E-state index is 13.4. The number of methoxy groups -OCH3 is 1. The molecule has 1 aromatic carbocycles. The topological polar surface area (TPSA) is 89.5 Å². The molecule has 2 rings (SSSR count). The number of halogens is 2. The van der Waals surface area contributed by atoms with Gasteiger partial charge in [-0.25, -0.2) is 4.89 Å². The summed E-state index contributed by atoms with van der Waals surface area (Å²) in [4.78, 5) is 18.8. The second-order valence-electron chi connectivity index (χ2n) is 8.55. The first-order chi connectivity index (χ1) is 17.9. The first-order valence-electron chi connectivity index (χ1n) is 12.4. The minimum Gasteiger partial charge on any atom is -0.485 e. The maximum Gasteiger partial charge on any atom is 0.387 e. The number of esters is 1. The Kier molecular flexibility index (Phi) is 13.1. The zero-order valence-electron chi connectivity index (χ0n) is 21.7. The van der Waals surface area contributed by atoms with Crippen LogP contribution < -0.4 is 14.8 Å². The number of hydrogen-bond acceptors (Lipinski definition) is 8. The van der Waals surface area contributed by atoms with Gasteiger partial charge in [-0.3, -0.25) is 15.0 Å². The van der Waals surface area contributed by atoms with E-state index in [4.69, 9.17) is 19.1 Å². The number of likely N-dealkylation sites (tertiary alicyclic amines) is 1. The van der Waals surface area contributed by atoms with Crippen molar-refractivity contribution < 1.29 is 37.9 Å². The van der Waals surface area contributed by atoms with Gasteiger partial charge in [0.2, 0.25) is 0 Å². The number of nitrogens with one attached hydrogen (secondary N) is 1. The van der Waals surface area contributed by atoms with Gasteiger partial charge in [0, 0.05) is 31.6 Å². The van der Waals surface area contributed by atoms with Crippen LogP contribution in [0.1, 0.15) is 44.6 Å². The minimum absolute atomic E-state index is 0.0598. The van der Waals surface area contributed by atoms with Gasteiger partial charge >= 0.3 is 12.6 Å². The van der Waals surface area contributed by atoms with Gasteiger partial charge in [0.25, 0.3) is 0 Å². The summed E-state index contributed by atoms with van der Waals surface area (Å²) in [5, 5.41) is 12.6. The van der Waals surface area contributed by atoms with Gasteiger partial charge < -0.3 is 19.5 Å². The number of allylic oxidation sites excluding steroid dienone is 3. The van der Waals surface area contributed by atoms with Crippen molar-refractivity contribution in [3.8, 4) is 11.5 Å². The molecular weight excluding hydrogens is 486 g/mol. The fourth-order valence-corrected chi connectivity index (χ4v) is 4.27. The van der Waals surface area contributed by atoms with Crippen LogP contribution in [-0.2, 0) is 21.0 Å². The molecule has 0 amide bonds. The van der Waals surface area contributed by atoms with E-state index < -0.39 is 24.9 Å². The minimum atomic E-state index is -3.05. The van der Waals surface area contributed by atoms with E-state index >= 15 is 0 Å². The van der Waals surface area contributed by atoms with E-state index in [1.165, 1.54) is 13.2 Å². The van der Waals surface area contributed by atoms with E-state index in [9.17, 15) is 18.8 Å². The summed E-state index contributed by atoms with van der Waals surface area (Å²) in [6.45, 7) is 3.42. The van der Waals surface area contributed by atoms with Crippen LogP contribution in [-0.4, -0.2) is 61.7 Å². The average molecular weight is 525 g/mol. The Labute approximate surface area is 217 Å². The lowest BCUT2D eigenvalue weighted by atomic mass is 10.1. The molecule has 0 aliphatic carbocycles. The number of benzene rings is 1. The molecule has 1 aliphatic rings. The lowest BCUT2D eigenvalue weighted by Gasteiger charge is -2.27. The normalized spacial score (nSPS) is 17.9. The van der Waals surface area contributed by atoms with E-state index in [1.807, 2.05) is 24.0 Å². The highest BCUT2D eigenvalue weighted by Crippen LogP contribution is 2.37. The molecule has 3 atom stereocenters. The van der Waals surface area contributed by atoms with Gasteiger partial charge in [-0.2, -0.15) is 8.78 Å². The fraction of sp³-hybridized carbons (Fsp3) is 0.519. The SMILES string of the molecule is C=C/C=C\CC(OO)[C@@H](C/C=C\CC)Oc1cc(OC(F)F)c(CN2CCC[C@H]2C(=O)OC)cc1NC. The van der Waals surface area contributed by atoms with E-state index in [2.05, 4.69) is 11.9 Å². The van der Waals surface area contributed by atoms with Crippen LogP contribution >= 0.6 is 0 Å². The van der Waals surface area contributed by atoms with E-state index in [0.717, 1.165) is 12.8 Å². The maximum atomic E-state index is 13.4. The molecule has 1 saturated heterocycles. The lowest BCUT2D eigenvalue weighted by molar-refractivity contribution is -0.292. The zero-order chi connectivity index (χ0) is 27.2. The summed E-state index contributed by atoms with van der Waals surface area (Å²) in [7, 11) is 3.02. The number of carbonyl (C=O) groups excluding carboxylic acids is 1. The molecule has 1 unspecified atom stereocenters. The van der Waals surface area contributed by atoms with Crippen molar-refractivity contribution in [1.82, 2.24) is 4.90 Å². The summed E-state index contributed by atoms with van der Waals surface area (Å²) in [6, 6.07) is 2.63. The van der Waals surface area contributed by atoms with Gasteiger partial charge in [-0.1, -0.05) is 43.9 Å². The van der Waals surface area contributed by atoms with Crippen molar-refractivity contribution in [3.05, 3.63) is 54.7 Å². The molecule has 1 heterocycles. The van der Waals surface area contributed by atoms with Crippen LogP contribution in [0.2, 0.25) is 0 Å². The van der Waals surface area contributed by atoms with Crippen molar-refractivity contribution in [2.45, 2.75) is 70.4 Å². The van der Waals surface area contributed by atoms with Gasteiger partial charge in [-0.15, -0.1) is 0 Å². The van der Waals surface area contributed by atoms with Crippen LogP contribution in [0.5, 0.6) is 11.5 Å². The number of hydrogen-bond donors (Lipinski definition) is 2. The molecule has 1 aliphatic heterocycles. The molecule has 10 heteroatoms. The third-order valence-corrected chi connectivity index (χ3v) is 6.10. The van der Waals surface area contributed by atoms with Crippen molar-refractivity contribution in [1.29, 1.82) is 0 Å². The number of anilines is 1. The number of carbonyl (C=O) groups is 1. The Morgan fingerprint density at radius 1 is 1.22 bits per heavy atom. The average Bonchev–Trinajstić information content (AvgIpc) is 3.35. The van der Waals surface area contributed by atoms with Crippen LogP contribution in [0.3, 0.4) is 0 Å². The lowest BCUT2D eigenvalue weighted by Crippen LogP contribution is -2.36. The Morgan fingerprint density at radius 2 is 1.97 bits per heavy atom. The highest BCUT2D eigenvalue weighted by molar-refractivity contribution is 5.76. The number of rotatable bonds is 16. The van der Waals surface area contributed by atoms with Crippen molar-refractivity contribution >= 4 is 11.7 Å². The first-order valence-corrected chi connectivity index (χ1v) is 12.4. The molecule has 0 spiro atoms. The second kappa shape index (κ2) is 16.0. The fourth-order valence-electron chi connectivity index (χ4n) is 4.27. The standard InChI is InChI=1S/C27H38F2N2O6/c1-5-7-9-13-22(23(37-33)14-10-8-6-2)35-25-17-24(36-27(28)29)19(16-20(25)30-3)18-31-15-11-12-21(31)26(32)34-4/h6-10,16-17,21-23,27,30,33H,2,5,11-15,18H2,1,3-4H3/b9-7-,10-8-/t21-,22+,23?/m0/s1. The predicted molar refractivity (Wildman–Crippen MR) is 138 cm³/mol. The first kappa shape index (κ1) is 30.3. The quantitative estimate of drug-likeness (QED) is 0.0955. The molecule has 37 heavy (non-hydrogen) atoms. The smallest absolute Gasteiger partial charge is 0.387 e. The molecule has 0 aromatic heterocycles. The predicted octanol–water partition coefficient (Wildman–Crippen LogP) is 5.56. The van der Waals surface area contributed by atoms with Crippen LogP contribution in [0.15, 0.2) is 49.1 Å². The van der Waals surface area contributed by atoms with E-state index in [1.54, 1.807) is 31.3 Å². The van der Waals surface area contributed by atoms with Crippen LogP contribution in [0, 0.1) is 0 Å². The van der Waals surface area contributed by atoms with E-state index in [0.29, 0.717) is 37.1 Å². The third-order valence-electron chi connectivity index (χ3n) is 6.10. The zero-order valence-corrected chi connectivity index (χ0v) is 21.7. The van der Waals surface area contributed by atoms with Gasteiger partial charge in [0.15, 0.2) is 0 Å². The molecule has 1 aromatic rings. The van der Waals surface area contributed by atoms with Gasteiger partial charge in [-0.05, 0) is 38.3 Å². The summed E-state index contributed by atoms with van der Waals surface area (Å²) in [5.74, 6) is -0.154. The molecule has 0 bridgehead atoms. The summed E-state index contributed by atoms with van der Waals surface area (Å²) >= 11 is 0. The second-order valence-corrected chi connectivity index (χ2v) is 8.55. The van der Waals surface area contributed by atoms with Crippen LogP contribution in [0.4, 0.5) is 14.5 Å². The van der Waals surface area contributed by atoms with E-state index in [-0.39, 0.29) is 24.0 Å². The van der Waals surface area contributed by atoms with Crippen molar-refractivity contribution in [3.63, 3.8) is 0 Å². The Morgan fingerprint density at radius 3 is 2.59 bits per heavy atom.